The number of benzene rings is 2. The smallest absolute Gasteiger partial charge is 0.365 e. The van der Waals surface area contributed by atoms with Crippen molar-refractivity contribution in [2.45, 2.75) is 18.8 Å². The summed E-state index contributed by atoms with van der Waals surface area (Å²) in [4.78, 5) is 1.93. The highest BCUT2D eigenvalue weighted by Gasteiger charge is 2.42. The summed E-state index contributed by atoms with van der Waals surface area (Å²) in [6, 6.07) is 4.91. The monoisotopic (exact) mass is 535 g/mol. The van der Waals surface area contributed by atoms with Crippen molar-refractivity contribution in [2.24, 2.45) is 11.0 Å². The van der Waals surface area contributed by atoms with E-state index in [9.17, 15) is 30.7 Å². The molecule has 1 N–H and O–H groups in total. The maximum absolute atomic E-state index is 14.1. The summed E-state index contributed by atoms with van der Waals surface area (Å²) >= 11 is 12.2. The molecule has 12 heteroatoms. The van der Waals surface area contributed by atoms with E-state index in [1.807, 2.05) is 23.1 Å². The first-order chi connectivity index (χ1) is 16.5. The SMILES string of the molecule is Fc1c(F)c(C(F)(F)F)c(F)c(F)c1NN=CC1=CN(Cc2ccc(Cl)cc2Cl)C2C=CC=CC12. The van der Waals surface area contributed by atoms with Gasteiger partial charge in [-0.05, 0) is 23.3 Å². The molecule has 2 unspecified atom stereocenters. The van der Waals surface area contributed by atoms with Crippen LogP contribution in [-0.4, -0.2) is 17.2 Å². The van der Waals surface area contributed by atoms with Crippen LogP contribution in [0.1, 0.15) is 11.1 Å². The van der Waals surface area contributed by atoms with Gasteiger partial charge in [0.25, 0.3) is 0 Å². The van der Waals surface area contributed by atoms with Crippen molar-refractivity contribution < 1.29 is 30.7 Å². The number of fused-ring (bicyclic) bond motifs is 1. The summed E-state index contributed by atoms with van der Waals surface area (Å²) < 4.78 is 94.1. The van der Waals surface area contributed by atoms with Crippen molar-refractivity contribution in [1.82, 2.24) is 4.90 Å². The summed E-state index contributed by atoms with van der Waals surface area (Å²) in [6.07, 6.45) is 4.64. The summed E-state index contributed by atoms with van der Waals surface area (Å²) in [5.41, 5.74) is -1.02. The van der Waals surface area contributed by atoms with Gasteiger partial charge in [0.05, 0.1) is 12.3 Å². The Kier molecular flexibility index (Phi) is 6.88. The van der Waals surface area contributed by atoms with Crippen LogP contribution < -0.4 is 5.43 Å². The van der Waals surface area contributed by atoms with Gasteiger partial charge in [-0.15, -0.1) is 0 Å². The van der Waals surface area contributed by atoms with Crippen molar-refractivity contribution in [3.8, 4) is 0 Å². The van der Waals surface area contributed by atoms with E-state index in [-0.39, 0.29) is 12.0 Å². The topological polar surface area (TPSA) is 27.6 Å². The highest BCUT2D eigenvalue weighted by atomic mass is 35.5. The molecule has 1 aliphatic heterocycles. The van der Waals surface area contributed by atoms with Gasteiger partial charge in [0.1, 0.15) is 11.3 Å². The van der Waals surface area contributed by atoms with Gasteiger partial charge in [-0.2, -0.15) is 18.3 Å². The van der Waals surface area contributed by atoms with E-state index >= 15 is 0 Å². The average molecular weight is 536 g/mol. The zero-order valence-electron chi connectivity index (χ0n) is 17.4. The van der Waals surface area contributed by atoms with E-state index in [0.29, 0.717) is 22.2 Å². The Hall–Kier alpha value is -2.98. The average Bonchev–Trinajstić information content (AvgIpc) is 3.13. The van der Waals surface area contributed by atoms with Crippen molar-refractivity contribution >= 4 is 35.1 Å². The van der Waals surface area contributed by atoms with Crippen molar-refractivity contribution in [3.05, 3.63) is 98.7 Å². The third-order valence-corrected chi connectivity index (χ3v) is 6.08. The first-order valence-electron chi connectivity index (χ1n) is 9.97. The van der Waals surface area contributed by atoms with E-state index in [2.05, 4.69) is 5.10 Å². The Labute approximate surface area is 204 Å². The standard InChI is InChI=1S/C23H14Cl2F7N3/c24-13-6-5-11(15(25)7-13)9-35-10-12(14-3-1-2-4-16(14)35)8-33-34-22-20(28)18(26)17(23(30,31)32)19(27)21(22)29/h1-8,10,14,16,34H,9H2. The third-order valence-electron chi connectivity index (χ3n) is 5.49. The van der Waals surface area contributed by atoms with Crippen molar-refractivity contribution in [1.29, 1.82) is 0 Å². The minimum absolute atomic E-state index is 0.150. The number of hydrazone groups is 1. The second kappa shape index (κ2) is 9.58. The molecule has 35 heavy (non-hydrogen) atoms. The summed E-state index contributed by atoms with van der Waals surface area (Å²) in [7, 11) is 0. The molecule has 3 nitrogen and oxygen atoms in total. The van der Waals surface area contributed by atoms with E-state index in [1.54, 1.807) is 35.9 Å². The van der Waals surface area contributed by atoms with Crippen LogP contribution in [0.5, 0.6) is 0 Å². The van der Waals surface area contributed by atoms with Gasteiger partial charge in [-0.25, -0.2) is 17.6 Å². The van der Waals surface area contributed by atoms with Gasteiger partial charge in [0.15, 0.2) is 23.3 Å². The fraction of sp³-hybridized carbons (Fsp3) is 0.174. The lowest BCUT2D eigenvalue weighted by atomic mass is 9.91. The Bertz CT molecular complexity index is 1260. The fourth-order valence-electron chi connectivity index (χ4n) is 3.85. The molecule has 1 aliphatic carbocycles. The second-order valence-corrected chi connectivity index (χ2v) is 8.54. The molecule has 2 aromatic carbocycles. The van der Waals surface area contributed by atoms with Gasteiger partial charge < -0.3 is 4.90 Å². The van der Waals surface area contributed by atoms with Crippen LogP contribution in [0.3, 0.4) is 0 Å². The third kappa shape index (κ3) is 4.90. The predicted octanol–water partition coefficient (Wildman–Crippen LogP) is 7.48. The van der Waals surface area contributed by atoms with Crippen LogP contribution >= 0.6 is 23.2 Å². The second-order valence-electron chi connectivity index (χ2n) is 7.70. The number of halogens is 9. The van der Waals surface area contributed by atoms with Crippen LogP contribution in [0, 0.1) is 29.2 Å². The van der Waals surface area contributed by atoms with Crippen LogP contribution in [0.15, 0.2) is 59.4 Å². The molecule has 2 aliphatic rings. The van der Waals surface area contributed by atoms with Crippen LogP contribution in [0.25, 0.3) is 0 Å². The molecule has 0 aromatic heterocycles. The number of allylic oxidation sites excluding steroid dienone is 2. The molecule has 2 aromatic rings. The fourth-order valence-corrected chi connectivity index (χ4v) is 4.32. The van der Waals surface area contributed by atoms with E-state index in [0.717, 1.165) is 11.8 Å². The first-order valence-corrected chi connectivity index (χ1v) is 10.7. The first kappa shape index (κ1) is 25.1. The quantitative estimate of drug-likeness (QED) is 0.186. The van der Waals surface area contributed by atoms with Crippen molar-refractivity contribution in [3.63, 3.8) is 0 Å². The highest BCUT2D eigenvalue weighted by Crippen LogP contribution is 2.39. The molecule has 0 spiro atoms. The summed E-state index contributed by atoms with van der Waals surface area (Å²) in [5.74, 6) is -9.86. The normalized spacial score (nSPS) is 19.5. The van der Waals surface area contributed by atoms with Gasteiger partial charge in [0.2, 0.25) is 0 Å². The number of nitrogens with one attached hydrogen (secondary N) is 1. The largest absolute Gasteiger partial charge is 0.422 e. The van der Waals surface area contributed by atoms with Gasteiger partial charge in [0, 0.05) is 28.7 Å². The Morgan fingerprint density at radius 2 is 1.63 bits per heavy atom. The molecule has 0 bridgehead atoms. The number of nitrogens with zero attached hydrogens (tertiary/aromatic N) is 2. The molecule has 0 radical (unpaired) electrons. The Morgan fingerprint density at radius 3 is 2.26 bits per heavy atom. The van der Waals surface area contributed by atoms with Crippen molar-refractivity contribution in [2.75, 3.05) is 5.43 Å². The number of alkyl halides is 3. The van der Waals surface area contributed by atoms with Crippen LogP contribution in [0.2, 0.25) is 10.0 Å². The maximum atomic E-state index is 14.1. The Morgan fingerprint density at radius 1 is 0.971 bits per heavy atom. The predicted molar refractivity (Wildman–Crippen MR) is 119 cm³/mol. The molecule has 0 amide bonds. The summed E-state index contributed by atoms with van der Waals surface area (Å²) in [5, 5.41) is 4.55. The van der Waals surface area contributed by atoms with Gasteiger partial charge in [-0.3, -0.25) is 5.43 Å². The lowest BCUT2D eigenvalue weighted by molar-refractivity contribution is -0.143. The highest BCUT2D eigenvalue weighted by molar-refractivity contribution is 6.35. The lowest BCUT2D eigenvalue weighted by Crippen LogP contribution is -2.30. The zero-order valence-corrected chi connectivity index (χ0v) is 18.9. The number of anilines is 1. The van der Waals surface area contributed by atoms with Gasteiger partial charge in [-0.1, -0.05) is 53.6 Å². The molecular weight excluding hydrogens is 522 g/mol. The van der Waals surface area contributed by atoms with Crippen LogP contribution in [-0.2, 0) is 12.7 Å². The molecule has 0 fully saturated rings. The van der Waals surface area contributed by atoms with Gasteiger partial charge >= 0.3 is 6.18 Å². The lowest BCUT2D eigenvalue weighted by Gasteiger charge is -2.28. The molecule has 184 valence electrons. The Balaban J connectivity index is 1.59. The maximum Gasteiger partial charge on any atom is 0.422 e. The minimum Gasteiger partial charge on any atom is -0.365 e. The number of rotatable bonds is 5. The zero-order chi connectivity index (χ0) is 25.5. The molecular formula is C23H14Cl2F7N3. The minimum atomic E-state index is -5.63. The van der Waals surface area contributed by atoms with E-state index in [1.165, 1.54) is 0 Å². The number of hydrogen-bond donors (Lipinski definition) is 1. The molecule has 1 heterocycles. The molecule has 4 rings (SSSR count). The molecule has 0 saturated heterocycles. The molecule has 2 atom stereocenters. The summed E-state index contributed by atoms with van der Waals surface area (Å²) in [6.45, 7) is 0.388. The van der Waals surface area contributed by atoms with E-state index < -0.39 is 40.7 Å². The van der Waals surface area contributed by atoms with Crippen LogP contribution in [0.4, 0.5) is 36.4 Å². The molecule has 0 saturated carbocycles. The number of hydrogen-bond acceptors (Lipinski definition) is 3. The van der Waals surface area contributed by atoms with E-state index in [4.69, 9.17) is 23.2 Å².